The number of carbonyl (C=O) groups is 2. The molecule has 3 aromatic rings. The summed E-state index contributed by atoms with van der Waals surface area (Å²) >= 11 is 0. The average Bonchev–Trinajstić information content (AvgIpc) is 2.74. The van der Waals surface area contributed by atoms with Gasteiger partial charge < -0.3 is 20.7 Å². The molecule has 6 nitrogen and oxygen atoms in total. The number of carbonyl (C=O) groups excluding carboxylic acids is 2. The number of amides is 2. The van der Waals surface area contributed by atoms with Crippen molar-refractivity contribution in [1.82, 2.24) is 0 Å². The average molecular weight is 403 g/mol. The third-order valence-corrected chi connectivity index (χ3v) is 4.12. The van der Waals surface area contributed by atoms with Gasteiger partial charge in [0.05, 0.1) is 12.6 Å². The largest absolute Gasteiger partial charge is 0.491 e. The molecule has 30 heavy (non-hydrogen) atoms. The minimum atomic E-state index is -0.185. The van der Waals surface area contributed by atoms with Crippen LogP contribution in [0.15, 0.2) is 78.9 Å². The van der Waals surface area contributed by atoms with Crippen molar-refractivity contribution in [2.45, 2.75) is 20.0 Å². The van der Waals surface area contributed by atoms with Gasteiger partial charge in [-0.2, -0.15) is 0 Å². The van der Waals surface area contributed by atoms with Gasteiger partial charge in [0.1, 0.15) is 5.75 Å². The molecule has 0 spiro atoms. The third-order valence-electron chi connectivity index (χ3n) is 4.12. The lowest BCUT2D eigenvalue weighted by Gasteiger charge is -2.12. The van der Waals surface area contributed by atoms with Crippen LogP contribution < -0.4 is 20.7 Å². The molecule has 0 aromatic heterocycles. The number of ether oxygens (including phenoxy) is 1. The van der Waals surface area contributed by atoms with E-state index in [1.54, 1.807) is 36.4 Å². The molecule has 0 unspecified atom stereocenters. The van der Waals surface area contributed by atoms with Gasteiger partial charge in [-0.3, -0.25) is 9.59 Å². The second-order valence-electron chi connectivity index (χ2n) is 6.99. The first-order valence-corrected chi connectivity index (χ1v) is 9.76. The minimum Gasteiger partial charge on any atom is -0.491 e. The van der Waals surface area contributed by atoms with Crippen molar-refractivity contribution in [3.05, 3.63) is 84.4 Å². The van der Waals surface area contributed by atoms with E-state index in [1.807, 2.05) is 56.3 Å². The number of hydrogen-bond acceptors (Lipinski definition) is 4. The zero-order chi connectivity index (χ0) is 21.3. The molecule has 6 heteroatoms. The Morgan fingerprint density at radius 1 is 0.800 bits per heavy atom. The van der Waals surface area contributed by atoms with Gasteiger partial charge in [0, 0.05) is 22.6 Å². The quantitative estimate of drug-likeness (QED) is 0.506. The molecule has 3 rings (SSSR count). The number of benzene rings is 3. The van der Waals surface area contributed by atoms with Crippen molar-refractivity contribution < 1.29 is 14.3 Å². The van der Waals surface area contributed by atoms with E-state index >= 15 is 0 Å². The molecule has 0 bridgehead atoms. The Balaban J connectivity index is 1.51. The van der Waals surface area contributed by atoms with Gasteiger partial charge in [-0.05, 0) is 68.4 Å². The molecule has 3 N–H and O–H groups in total. The Hall–Kier alpha value is -3.80. The highest BCUT2D eigenvalue weighted by atomic mass is 16.5. The van der Waals surface area contributed by atoms with Crippen LogP contribution in [-0.4, -0.2) is 24.5 Å². The van der Waals surface area contributed by atoms with Crippen molar-refractivity contribution >= 4 is 28.9 Å². The van der Waals surface area contributed by atoms with Crippen LogP contribution in [0.3, 0.4) is 0 Å². The Labute approximate surface area is 176 Å². The highest BCUT2D eigenvalue weighted by Gasteiger charge is 2.07. The Morgan fingerprint density at radius 2 is 1.50 bits per heavy atom. The van der Waals surface area contributed by atoms with Crippen LogP contribution in [0, 0.1) is 0 Å². The van der Waals surface area contributed by atoms with Crippen LogP contribution in [0.1, 0.15) is 24.2 Å². The smallest absolute Gasteiger partial charge is 0.255 e. The maximum absolute atomic E-state index is 12.3. The molecule has 0 radical (unpaired) electrons. The first-order valence-electron chi connectivity index (χ1n) is 9.76. The second-order valence-corrected chi connectivity index (χ2v) is 6.99. The van der Waals surface area contributed by atoms with Gasteiger partial charge in [-0.15, -0.1) is 0 Å². The van der Waals surface area contributed by atoms with Crippen LogP contribution in [0.25, 0.3) is 0 Å². The predicted octanol–water partition coefficient (Wildman–Crippen LogP) is 4.78. The molecule has 0 aliphatic carbocycles. The molecule has 0 fully saturated rings. The van der Waals surface area contributed by atoms with Crippen LogP contribution in [0.5, 0.6) is 5.75 Å². The summed E-state index contributed by atoms with van der Waals surface area (Å²) in [5.41, 5.74) is 2.66. The molecule has 2 amide bonds. The van der Waals surface area contributed by atoms with Crippen LogP contribution in [0.4, 0.5) is 17.1 Å². The zero-order valence-corrected chi connectivity index (χ0v) is 17.0. The minimum absolute atomic E-state index is 0.0976. The maximum Gasteiger partial charge on any atom is 0.255 e. The van der Waals surface area contributed by atoms with Crippen molar-refractivity contribution in [1.29, 1.82) is 0 Å². The summed E-state index contributed by atoms with van der Waals surface area (Å²) in [5.74, 6) is 0.400. The lowest BCUT2D eigenvalue weighted by molar-refractivity contribution is -0.114. The molecule has 3 aromatic carbocycles. The number of hydrogen-bond donors (Lipinski definition) is 3. The fourth-order valence-electron chi connectivity index (χ4n) is 2.78. The van der Waals surface area contributed by atoms with Gasteiger partial charge in [-0.1, -0.05) is 24.3 Å². The molecular weight excluding hydrogens is 378 g/mol. The molecule has 0 aliphatic heterocycles. The van der Waals surface area contributed by atoms with E-state index in [0.29, 0.717) is 16.9 Å². The van der Waals surface area contributed by atoms with Crippen LogP contribution >= 0.6 is 0 Å². The van der Waals surface area contributed by atoms with E-state index in [0.717, 1.165) is 11.4 Å². The van der Waals surface area contributed by atoms with Crippen molar-refractivity contribution in [2.75, 3.05) is 22.5 Å². The molecular formula is C24H25N3O3. The maximum atomic E-state index is 12.3. The summed E-state index contributed by atoms with van der Waals surface area (Å²) in [4.78, 5) is 24.5. The Kier molecular flexibility index (Phi) is 7.05. The lowest BCUT2D eigenvalue weighted by atomic mass is 10.2. The Morgan fingerprint density at radius 3 is 2.20 bits per heavy atom. The monoisotopic (exact) mass is 403 g/mol. The third kappa shape index (κ3) is 6.38. The molecule has 0 saturated carbocycles. The van der Waals surface area contributed by atoms with Gasteiger partial charge >= 0.3 is 0 Å². The van der Waals surface area contributed by atoms with E-state index in [1.165, 1.54) is 0 Å². The van der Waals surface area contributed by atoms with E-state index in [-0.39, 0.29) is 24.5 Å². The molecule has 0 heterocycles. The van der Waals surface area contributed by atoms with Gasteiger partial charge in [0.2, 0.25) is 5.91 Å². The van der Waals surface area contributed by atoms with Crippen LogP contribution in [-0.2, 0) is 4.79 Å². The van der Waals surface area contributed by atoms with Crippen molar-refractivity contribution in [3.8, 4) is 5.75 Å². The predicted molar refractivity (Wildman–Crippen MR) is 120 cm³/mol. The second kappa shape index (κ2) is 10.1. The van der Waals surface area contributed by atoms with Crippen molar-refractivity contribution in [3.63, 3.8) is 0 Å². The first kappa shape index (κ1) is 20.9. The highest BCUT2D eigenvalue weighted by molar-refractivity contribution is 6.04. The summed E-state index contributed by atoms with van der Waals surface area (Å²) in [7, 11) is 0. The highest BCUT2D eigenvalue weighted by Crippen LogP contribution is 2.18. The van der Waals surface area contributed by atoms with Gasteiger partial charge in [0.15, 0.2) is 0 Å². The van der Waals surface area contributed by atoms with Crippen LogP contribution in [0.2, 0.25) is 0 Å². The molecule has 0 aliphatic rings. The van der Waals surface area contributed by atoms with E-state index in [4.69, 9.17) is 4.74 Å². The lowest BCUT2D eigenvalue weighted by Crippen LogP contribution is -2.21. The number of nitrogens with one attached hydrogen (secondary N) is 3. The topological polar surface area (TPSA) is 79.5 Å². The summed E-state index contributed by atoms with van der Waals surface area (Å²) in [6.45, 7) is 4.02. The normalized spacial score (nSPS) is 10.4. The molecule has 0 atom stereocenters. The number of anilines is 3. The molecule has 154 valence electrons. The van der Waals surface area contributed by atoms with Crippen molar-refractivity contribution in [2.24, 2.45) is 0 Å². The fraction of sp³-hybridized carbons (Fsp3) is 0.167. The van der Waals surface area contributed by atoms with E-state index in [2.05, 4.69) is 16.0 Å². The fourth-order valence-corrected chi connectivity index (χ4v) is 2.78. The summed E-state index contributed by atoms with van der Waals surface area (Å²) in [6, 6.07) is 23.5. The van der Waals surface area contributed by atoms with Gasteiger partial charge in [-0.25, -0.2) is 0 Å². The summed E-state index contributed by atoms with van der Waals surface area (Å²) < 4.78 is 5.59. The summed E-state index contributed by atoms with van der Waals surface area (Å²) in [5, 5.41) is 8.76. The number of rotatable bonds is 8. The first-order chi connectivity index (χ1) is 14.5. The van der Waals surface area contributed by atoms with E-state index in [9.17, 15) is 9.59 Å². The molecule has 0 saturated heterocycles. The van der Waals surface area contributed by atoms with E-state index < -0.39 is 0 Å². The standard InChI is InChI=1S/C24H25N3O3/c1-17(2)30-22-13-11-19(12-14-22)26-23(28)16-25-20-9-6-10-21(15-20)27-24(29)18-7-4-3-5-8-18/h3-15,17,25H,16H2,1-2H3,(H,26,28)(H,27,29). The summed E-state index contributed by atoms with van der Waals surface area (Å²) in [6.07, 6.45) is 0.0999. The van der Waals surface area contributed by atoms with Gasteiger partial charge in [0.25, 0.3) is 5.91 Å². The Bertz CT molecular complexity index is 986. The zero-order valence-electron chi connectivity index (χ0n) is 17.0. The SMILES string of the molecule is CC(C)Oc1ccc(NC(=O)CNc2cccc(NC(=O)c3ccccc3)c2)cc1.